The molecule has 0 N–H and O–H groups in total. The van der Waals surface area contributed by atoms with Crippen LogP contribution in [0.4, 0.5) is 4.39 Å². The van der Waals surface area contributed by atoms with Gasteiger partial charge in [-0.2, -0.15) is 0 Å². The first-order valence-corrected chi connectivity index (χ1v) is 11.9. The number of halogens is 1. The zero-order chi connectivity index (χ0) is 19.0. The Labute approximate surface area is 171 Å². The number of thioether (sulfide) groups is 2. The lowest BCUT2D eigenvalue weighted by Gasteiger charge is -2.33. The first-order valence-electron chi connectivity index (χ1n) is 8.89. The van der Waals surface area contributed by atoms with Crippen molar-refractivity contribution in [1.29, 1.82) is 0 Å². The van der Waals surface area contributed by atoms with Gasteiger partial charge in [0, 0.05) is 22.4 Å². The van der Waals surface area contributed by atoms with E-state index in [1.807, 2.05) is 18.4 Å². The maximum Gasteiger partial charge on any atom is 0.189 e. The third-order valence-electron chi connectivity index (χ3n) is 5.04. The first kappa shape index (κ1) is 19.2. The van der Waals surface area contributed by atoms with Gasteiger partial charge in [-0.15, -0.1) is 23.1 Å². The smallest absolute Gasteiger partial charge is 0.189 e. The molecule has 3 aromatic rings. The van der Waals surface area contributed by atoms with Gasteiger partial charge in [0.2, 0.25) is 0 Å². The molecule has 0 unspecified atom stereocenters. The second-order valence-corrected chi connectivity index (χ2v) is 9.67. The average molecular weight is 421 g/mol. The van der Waals surface area contributed by atoms with E-state index in [1.165, 1.54) is 28.3 Å². The lowest BCUT2D eigenvalue weighted by atomic mass is 9.90. The summed E-state index contributed by atoms with van der Waals surface area (Å²) in [7, 11) is 0. The van der Waals surface area contributed by atoms with Gasteiger partial charge in [-0.1, -0.05) is 36.9 Å². The molecule has 0 saturated carbocycles. The molecule has 2 aromatic heterocycles. The molecule has 7 heteroatoms. The SMILES string of the molecule is CC[C@]1(C)Cc2c(sc3nc(SC)nc(SCc4ccccc4F)c23)CO1. The molecular weight excluding hydrogens is 399 g/mol. The number of ether oxygens (including phenoxy) is 1. The summed E-state index contributed by atoms with van der Waals surface area (Å²) in [6.45, 7) is 4.96. The molecule has 0 radical (unpaired) electrons. The molecule has 0 aliphatic carbocycles. The van der Waals surface area contributed by atoms with Crippen LogP contribution in [0.3, 0.4) is 0 Å². The first-order chi connectivity index (χ1) is 13.0. The van der Waals surface area contributed by atoms with Gasteiger partial charge >= 0.3 is 0 Å². The summed E-state index contributed by atoms with van der Waals surface area (Å²) < 4.78 is 20.2. The number of fused-ring (bicyclic) bond motifs is 3. The Hall–Kier alpha value is -1.15. The molecule has 1 aromatic carbocycles. The van der Waals surface area contributed by atoms with Gasteiger partial charge in [0.05, 0.1) is 12.2 Å². The van der Waals surface area contributed by atoms with Gasteiger partial charge < -0.3 is 4.74 Å². The highest BCUT2D eigenvalue weighted by Gasteiger charge is 2.33. The van der Waals surface area contributed by atoms with Crippen molar-refractivity contribution >= 4 is 45.1 Å². The third-order valence-corrected chi connectivity index (χ3v) is 7.71. The predicted molar refractivity (Wildman–Crippen MR) is 112 cm³/mol. The lowest BCUT2D eigenvalue weighted by Crippen LogP contribution is -2.33. The summed E-state index contributed by atoms with van der Waals surface area (Å²) >= 11 is 4.83. The van der Waals surface area contributed by atoms with E-state index in [0.717, 1.165) is 33.2 Å². The van der Waals surface area contributed by atoms with Crippen LogP contribution in [0, 0.1) is 5.82 Å². The molecule has 3 heterocycles. The van der Waals surface area contributed by atoms with Crippen molar-refractivity contribution in [3.05, 3.63) is 46.1 Å². The van der Waals surface area contributed by atoms with Crippen LogP contribution in [0.15, 0.2) is 34.4 Å². The van der Waals surface area contributed by atoms with E-state index in [4.69, 9.17) is 14.7 Å². The van der Waals surface area contributed by atoms with Crippen LogP contribution >= 0.6 is 34.9 Å². The molecule has 0 saturated heterocycles. The number of benzene rings is 1. The van der Waals surface area contributed by atoms with Gasteiger partial charge in [0.1, 0.15) is 15.7 Å². The fourth-order valence-electron chi connectivity index (χ4n) is 3.20. The minimum absolute atomic E-state index is 0.146. The van der Waals surface area contributed by atoms with Crippen molar-refractivity contribution in [2.45, 2.75) is 54.8 Å². The van der Waals surface area contributed by atoms with Crippen LogP contribution < -0.4 is 0 Å². The van der Waals surface area contributed by atoms with Crippen molar-refractivity contribution in [3.8, 4) is 0 Å². The molecule has 3 nitrogen and oxygen atoms in total. The van der Waals surface area contributed by atoms with Crippen molar-refractivity contribution in [2.75, 3.05) is 6.26 Å². The topological polar surface area (TPSA) is 35.0 Å². The second-order valence-electron chi connectivity index (χ2n) is 6.85. The molecule has 0 bridgehead atoms. The van der Waals surface area contributed by atoms with E-state index >= 15 is 0 Å². The number of thiophene rings is 1. The molecule has 1 atom stereocenters. The summed E-state index contributed by atoms with van der Waals surface area (Å²) in [5, 5.41) is 2.85. The van der Waals surface area contributed by atoms with Crippen LogP contribution in [-0.2, 0) is 23.5 Å². The largest absolute Gasteiger partial charge is 0.369 e. The number of hydrogen-bond acceptors (Lipinski definition) is 6. The van der Waals surface area contributed by atoms with Crippen LogP contribution in [-0.4, -0.2) is 21.8 Å². The molecule has 1 aliphatic rings. The standard InChI is InChI=1S/C20H21FN2OS3/c1-4-20(2)9-13-15(10-24-20)27-18-16(13)17(22-19(23-18)25-3)26-11-12-7-5-6-8-14(12)21/h5-8H,4,9-11H2,1-3H3/t20-/m1/s1. The molecule has 4 rings (SSSR count). The Kier molecular flexibility index (Phi) is 5.47. The third kappa shape index (κ3) is 3.75. The Bertz CT molecular complexity index is 991. The normalized spacial score (nSPS) is 19.4. The van der Waals surface area contributed by atoms with Gasteiger partial charge in [-0.25, -0.2) is 14.4 Å². The van der Waals surface area contributed by atoms with Crippen LogP contribution in [0.2, 0.25) is 0 Å². The summed E-state index contributed by atoms with van der Waals surface area (Å²) in [5.41, 5.74) is 1.87. The average Bonchev–Trinajstić information content (AvgIpc) is 3.04. The number of rotatable bonds is 5. The minimum Gasteiger partial charge on any atom is -0.369 e. The lowest BCUT2D eigenvalue weighted by molar-refractivity contribution is -0.0543. The van der Waals surface area contributed by atoms with Crippen molar-refractivity contribution in [3.63, 3.8) is 0 Å². The minimum atomic E-state index is -0.167. The molecule has 1 aliphatic heterocycles. The molecule has 27 heavy (non-hydrogen) atoms. The highest BCUT2D eigenvalue weighted by atomic mass is 32.2. The summed E-state index contributed by atoms with van der Waals surface area (Å²) in [6, 6.07) is 6.94. The molecule has 0 fully saturated rings. The quantitative estimate of drug-likeness (QED) is 0.284. The maximum atomic E-state index is 14.0. The molecule has 142 valence electrons. The summed E-state index contributed by atoms with van der Waals surface area (Å²) in [4.78, 5) is 11.8. The number of nitrogens with zero attached hydrogens (tertiary/aromatic N) is 2. The Balaban J connectivity index is 1.76. The van der Waals surface area contributed by atoms with Crippen molar-refractivity contribution in [2.24, 2.45) is 0 Å². The van der Waals surface area contributed by atoms with Gasteiger partial charge in [-0.3, -0.25) is 0 Å². The van der Waals surface area contributed by atoms with Gasteiger partial charge in [0.25, 0.3) is 0 Å². The summed E-state index contributed by atoms with van der Waals surface area (Å²) in [6.07, 6.45) is 3.82. The highest BCUT2D eigenvalue weighted by Crippen LogP contribution is 2.43. The van der Waals surface area contributed by atoms with E-state index in [1.54, 1.807) is 29.2 Å². The maximum absolute atomic E-state index is 14.0. The Morgan fingerprint density at radius 3 is 2.85 bits per heavy atom. The molecular formula is C20H21FN2OS3. The van der Waals surface area contributed by atoms with E-state index in [9.17, 15) is 4.39 Å². The van der Waals surface area contributed by atoms with Gasteiger partial charge in [0.15, 0.2) is 5.16 Å². The van der Waals surface area contributed by atoms with Gasteiger partial charge in [-0.05, 0) is 36.8 Å². The molecule has 0 amide bonds. The fraction of sp³-hybridized carbons (Fsp3) is 0.400. The van der Waals surface area contributed by atoms with Crippen LogP contribution in [0.1, 0.15) is 36.3 Å². The highest BCUT2D eigenvalue weighted by molar-refractivity contribution is 7.99. The second kappa shape index (κ2) is 7.70. The van der Waals surface area contributed by atoms with E-state index in [0.29, 0.717) is 17.9 Å². The monoisotopic (exact) mass is 420 g/mol. The van der Waals surface area contributed by atoms with E-state index in [2.05, 4.69) is 13.8 Å². The zero-order valence-corrected chi connectivity index (χ0v) is 18.0. The number of aromatic nitrogens is 2. The summed E-state index contributed by atoms with van der Waals surface area (Å²) in [5.74, 6) is 0.387. The van der Waals surface area contributed by atoms with Crippen molar-refractivity contribution in [1.82, 2.24) is 9.97 Å². The zero-order valence-electron chi connectivity index (χ0n) is 15.5. The van der Waals surface area contributed by atoms with E-state index in [-0.39, 0.29) is 11.4 Å². The Morgan fingerprint density at radius 2 is 2.11 bits per heavy atom. The Morgan fingerprint density at radius 1 is 1.30 bits per heavy atom. The molecule has 0 spiro atoms. The van der Waals surface area contributed by atoms with Crippen molar-refractivity contribution < 1.29 is 9.13 Å². The fourth-order valence-corrected chi connectivity index (χ4v) is 5.89. The number of hydrogen-bond donors (Lipinski definition) is 0. The van der Waals surface area contributed by atoms with Crippen LogP contribution in [0.25, 0.3) is 10.2 Å². The van der Waals surface area contributed by atoms with Crippen LogP contribution in [0.5, 0.6) is 0 Å². The predicted octanol–water partition coefficient (Wildman–Crippen LogP) is 6.09. The van der Waals surface area contributed by atoms with E-state index < -0.39 is 0 Å².